The standard InChI is InChI=1S/C23H19Cl2N5O3/c1-15-20(23(25)30(29-15)13-17-2-6-18(24)7-3-17)10-11-21(31)27-28-22(32)14-33-19-8-4-16(12-26)5-9-19/h2-11H,13-14H2,1H3,(H,27,31)(H,28,32)/b11-10+. The zero-order valence-electron chi connectivity index (χ0n) is 17.5. The first-order valence-corrected chi connectivity index (χ1v) is 10.5. The number of hydrogen-bond donors (Lipinski definition) is 2. The lowest BCUT2D eigenvalue weighted by Gasteiger charge is -2.07. The van der Waals surface area contributed by atoms with Crippen LogP contribution < -0.4 is 15.6 Å². The fraction of sp³-hybridized carbons (Fsp3) is 0.130. The van der Waals surface area contributed by atoms with E-state index in [0.717, 1.165) is 5.56 Å². The Hall–Kier alpha value is -3.80. The zero-order valence-corrected chi connectivity index (χ0v) is 19.0. The van der Waals surface area contributed by atoms with Gasteiger partial charge in [-0.1, -0.05) is 35.3 Å². The predicted molar refractivity (Wildman–Crippen MR) is 124 cm³/mol. The molecule has 8 nitrogen and oxygen atoms in total. The molecule has 2 amide bonds. The second kappa shape index (κ2) is 11.2. The second-order valence-corrected chi connectivity index (χ2v) is 7.66. The molecule has 0 aliphatic heterocycles. The van der Waals surface area contributed by atoms with Gasteiger partial charge in [0, 0.05) is 16.7 Å². The summed E-state index contributed by atoms with van der Waals surface area (Å²) in [7, 11) is 0. The largest absolute Gasteiger partial charge is 0.484 e. The first-order valence-electron chi connectivity index (χ1n) is 9.73. The topological polar surface area (TPSA) is 109 Å². The molecule has 0 atom stereocenters. The first-order chi connectivity index (χ1) is 15.9. The third kappa shape index (κ3) is 6.84. The minimum absolute atomic E-state index is 0.307. The van der Waals surface area contributed by atoms with Gasteiger partial charge in [-0.3, -0.25) is 20.4 Å². The van der Waals surface area contributed by atoms with Crippen LogP contribution in [-0.4, -0.2) is 28.2 Å². The molecule has 3 rings (SSSR count). The van der Waals surface area contributed by atoms with Crippen LogP contribution in [-0.2, 0) is 16.1 Å². The Kier molecular flexibility index (Phi) is 8.08. The van der Waals surface area contributed by atoms with Crippen LogP contribution in [0.3, 0.4) is 0 Å². The van der Waals surface area contributed by atoms with Crippen LogP contribution in [0, 0.1) is 18.3 Å². The molecule has 0 radical (unpaired) electrons. The number of nitrogens with one attached hydrogen (secondary N) is 2. The number of hydrazine groups is 1. The van der Waals surface area contributed by atoms with Gasteiger partial charge in [-0.25, -0.2) is 4.68 Å². The Balaban J connectivity index is 1.50. The number of rotatable bonds is 7. The number of ether oxygens (including phenoxy) is 1. The van der Waals surface area contributed by atoms with Crippen molar-refractivity contribution >= 4 is 41.1 Å². The number of hydrogen-bond acceptors (Lipinski definition) is 5. The number of benzene rings is 2. The van der Waals surface area contributed by atoms with Gasteiger partial charge < -0.3 is 4.74 Å². The van der Waals surface area contributed by atoms with Gasteiger partial charge in [-0.05, 0) is 55.0 Å². The summed E-state index contributed by atoms with van der Waals surface area (Å²) < 4.78 is 6.92. The van der Waals surface area contributed by atoms with Crippen molar-refractivity contribution < 1.29 is 14.3 Å². The summed E-state index contributed by atoms with van der Waals surface area (Å²) >= 11 is 12.3. The molecule has 0 saturated carbocycles. The van der Waals surface area contributed by atoms with Gasteiger partial charge in [0.15, 0.2) is 6.61 Å². The van der Waals surface area contributed by atoms with Gasteiger partial charge in [0.1, 0.15) is 10.9 Å². The number of carbonyl (C=O) groups excluding carboxylic acids is 2. The van der Waals surface area contributed by atoms with Gasteiger partial charge in [0.2, 0.25) is 0 Å². The maximum Gasteiger partial charge on any atom is 0.276 e. The summed E-state index contributed by atoms with van der Waals surface area (Å²) in [6, 6.07) is 15.6. The number of aromatic nitrogens is 2. The molecule has 0 unspecified atom stereocenters. The van der Waals surface area contributed by atoms with Crippen molar-refractivity contribution in [1.29, 1.82) is 5.26 Å². The summed E-state index contributed by atoms with van der Waals surface area (Å²) in [5.74, 6) is -0.676. The molecule has 1 heterocycles. The number of halogens is 2. The van der Waals surface area contributed by atoms with E-state index in [1.165, 1.54) is 12.2 Å². The smallest absolute Gasteiger partial charge is 0.276 e. The van der Waals surface area contributed by atoms with Crippen molar-refractivity contribution in [2.75, 3.05) is 6.61 Å². The highest BCUT2D eigenvalue weighted by molar-refractivity contribution is 6.31. The average Bonchev–Trinajstić information content (AvgIpc) is 3.08. The van der Waals surface area contributed by atoms with Crippen LogP contribution in [0.4, 0.5) is 0 Å². The van der Waals surface area contributed by atoms with E-state index in [1.807, 2.05) is 18.2 Å². The monoisotopic (exact) mass is 483 g/mol. The van der Waals surface area contributed by atoms with E-state index in [-0.39, 0.29) is 6.61 Å². The fourth-order valence-corrected chi connectivity index (χ4v) is 3.19. The Morgan fingerprint density at radius 2 is 1.82 bits per heavy atom. The molecular weight excluding hydrogens is 465 g/mol. The van der Waals surface area contributed by atoms with E-state index in [0.29, 0.717) is 39.3 Å². The Morgan fingerprint density at radius 3 is 2.48 bits per heavy atom. The zero-order chi connectivity index (χ0) is 23.8. The van der Waals surface area contributed by atoms with Crippen LogP contribution in [0.15, 0.2) is 54.6 Å². The number of carbonyl (C=O) groups is 2. The molecule has 3 aromatic rings. The van der Waals surface area contributed by atoms with Crippen molar-refractivity contribution in [1.82, 2.24) is 20.6 Å². The van der Waals surface area contributed by atoms with E-state index in [1.54, 1.807) is 48.0 Å². The minimum atomic E-state index is -0.553. The summed E-state index contributed by atoms with van der Waals surface area (Å²) in [6.45, 7) is 1.93. The molecule has 0 spiro atoms. The lowest BCUT2D eigenvalue weighted by molar-refractivity contribution is -0.128. The van der Waals surface area contributed by atoms with E-state index >= 15 is 0 Å². The summed E-state index contributed by atoms with van der Waals surface area (Å²) in [6.07, 6.45) is 2.77. The van der Waals surface area contributed by atoms with Gasteiger partial charge >= 0.3 is 0 Å². The highest BCUT2D eigenvalue weighted by atomic mass is 35.5. The molecule has 2 N–H and O–H groups in total. The molecule has 1 aromatic heterocycles. The van der Waals surface area contributed by atoms with E-state index in [4.69, 9.17) is 33.2 Å². The van der Waals surface area contributed by atoms with Gasteiger partial charge in [0.05, 0.1) is 23.9 Å². The van der Waals surface area contributed by atoms with Crippen LogP contribution in [0.2, 0.25) is 10.2 Å². The molecule has 0 bridgehead atoms. The fourth-order valence-electron chi connectivity index (χ4n) is 2.77. The third-order valence-corrected chi connectivity index (χ3v) is 5.09. The molecule has 0 fully saturated rings. The predicted octanol–water partition coefficient (Wildman–Crippen LogP) is 3.66. The normalized spacial score (nSPS) is 10.6. The van der Waals surface area contributed by atoms with E-state index in [9.17, 15) is 9.59 Å². The molecule has 10 heteroatoms. The lowest BCUT2D eigenvalue weighted by Crippen LogP contribution is -2.43. The quantitative estimate of drug-likeness (QED) is 0.393. The van der Waals surface area contributed by atoms with Gasteiger partial charge in [0.25, 0.3) is 11.8 Å². The number of aryl methyl sites for hydroxylation is 1. The molecular formula is C23H19Cl2N5O3. The molecule has 0 aliphatic carbocycles. The van der Waals surface area contributed by atoms with Crippen LogP contribution in [0.25, 0.3) is 6.08 Å². The van der Waals surface area contributed by atoms with Crippen LogP contribution >= 0.6 is 23.2 Å². The highest BCUT2D eigenvalue weighted by Gasteiger charge is 2.12. The molecule has 0 aliphatic rings. The van der Waals surface area contributed by atoms with E-state index < -0.39 is 11.8 Å². The van der Waals surface area contributed by atoms with Crippen LogP contribution in [0.5, 0.6) is 5.75 Å². The lowest BCUT2D eigenvalue weighted by atomic mass is 10.2. The molecule has 168 valence electrons. The third-order valence-electron chi connectivity index (χ3n) is 4.43. The summed E-state index contributed by atoms with van der Waals surface area (Å²) in [4.78, 5) is 23.9. The van der Waals surface area contributed by atoms with Crippen molar-refractivity contribution in [2.24, 2.45) is 0 Å². The van der Waals surface area contributed by atoms with Crippen LogP contribution in [0.1, 0.15) is 22.4 Å². The van der Waals surface area contributed by atoms with Crippen molar-refractivity contribution in [3.05, 3.63) is 87.2 Å². The SMILES string of the molecule is Cc1nn(Cc2ccc(Cl)cc2)c(Cl)c1/C=C/C(=O)NNC(=O)COc1ccc(C#N)cc1. The van der Waals surface area contributed by atoms with Crippen molar-refractivity contribution in [3.8, 4) is 11.8 Å². The minimum Gasteiger partial charge on any atom is -0.484 e. The Bertz CT molecular complexity index is 1210. The van der Waals surface area contributed by atoms with Gasteiger partial charge in [-0.2, -0.15) is 10.4 Å². The van der Waals surface area contributed by atoms with Crippen molar-refractivity contribution in [2.45, 2.75) is 13.5 Å². The Labute approximate surface area is 200 Å². The van der Waals surface area contributed by atoms with Crippen molar-refractivity contribution in [3.63, 3.8) is 0 Å². The number of nitrogens with zero attached hydrogens (tertiary/aromatic N) is 3. The average molecular weight is 484 g/mol. The summed E-state index contributed by atoms with van der Waals surface area (Å²) in [5, 5.41) is 14.2. The van der Waals surface area contributed by atoms with E-state index in [2.05, 4.69) is 16.0 Å². The highest BCUT2D eigenvalue weighted by Crippen LogP contribution is 2.22. The Morgan fingerprint density at radius 1 is 1.12 bits per heavy atom. The van der Waals surface area contributed by atoms with Gasteiger partial charge in [-0.15, -0.1) is 0 Å². The number of nitriles is 1. The maximum atomic E-state index is 12.1. The number of amides is 2. The molecule has 33 heavy (non-hydrogen) atoms. The second-order valence-electron chi connectivity index (χ2n) is 6.87. The summed E-state index contributed by atoms with van der Waals surface area (Å²) in [5.41, 5.74) is 7.22. The maximum absolute atomic E-state index is 12.1. The first kappa shape index (κ1) is 23.9. The molecule has 0 saturated heterocycles. The molecule has 2 aromatic carbocycles.